The quantitative estimate of drug-likeness (QED) is 0.0222. The minimum Gasteiger partial charge on any atom is -0.462 e. The van der Waals surface area contributed by atoms with Crippen LogP contribution in [0.25, 0.3) is 0 Å². The van der Waals surface area contributed by atoms with Gasteiger partial charge in [0.2, 0.25) is 0 Å². The van der Waals surface area contributed by atoms with E-state index in [1.807, 2.05) is 0 Å². The zero-order valence-corrected chi connectivity index (χ0v) is 53.3. The number of aliphatic hydroxyl groups excluding tert-OH is 1. The smallest absolute Gasteiger partial charge is 0.462 e. The van der Waals surface area contributed by atoms with Crippen molar-refractivity contribution in [2.24, 2.45) is 17.8 Å². The highest BCUT2D eigenvalue weighted by atomic mass is 31.2. The van der Waals surface area contributed by atoms with E-state index < -0.39 is 97.5 Å². The summed E-state index contributed by atoms with van der Waals surface area (Å²) in [7, 11) is -9.88. The number of phosphoric ester groups is 2. The predicted octanol–water partition coefficient (Wildman–Crippen LogP) is 16.3. The first-order chi connectivity index (χ1) is 38.2. The highest BCUT2D eigenvalue weighted by molar-refractivity contribution is 7.47. The summed E-state index contributed by atoms with van der Waals surface area (Å²) >= 11 is 0. The third-order valence-corrected chi connectivity index (χ3v) is 15.8. The van der Waals surface area contributed by atoms with Crippen molar-refractivity contribution in [2.45, 2.75) is 311 Å². The van der Waals surface area contributed by atoms with E-state index in [9.17, 15) is 43.2 Å². The summed E-state index contributed by atoms with van der Waals surface area (Å²) in [5, 5.41) is 10.5. The van der Waals surface area contributed by atoms with E-state index in [2.05, 4.69) is 48.5 Å². The molecule has 0 fully saturated rings. The Hall–Kier alpha value is -1.94. The molecule has 474 valence electrons. The number of rotatable bonds is 59. The Morgan fingerprint density at radius 2 is 0.575 bits per heavy atom. The minimum atomic E-state index is -4.94. The summed E-state index contributed by atoms with van der Waals surface area (Å²) in [6, 6.07) is 0. The molecule has 0 amide bonds. The number of esters is 4. The molecular weight excluding hydrogens is 1070 g/mol. The number of aliphatic hydroxyl groups is 1. The number of unbranched alkanes of at least 4 members (excludes halogenated alkanes) is 27. The molecule has 3 N–H and O–H groups in total. The van der Waals surface area contributed by atoms with Crippen LogP contribution in [0, 0.1) is 17.8 Å². The zero-order chi connectivity index (χ0) is 59.5. The Morgan fingerprint density at radius 1 is 0.338 bits per heavy atom. The maximum atomic E-state index is 12.9. The molecule has 0 aliphatic carbocycles. The molecule has 0 rings (SSSR count). The second-order valence-electron chi connectivity index (χ2n) is 23.5. The number of hydrogen-bond donors (Lipinski definition) is 3. The number of carbonyl (C=O) groups is 4. The maximum Gasteiger partial charge on any atom is 0.472 e. The molecule has 0 saturated carbocycles. The summed E-state index contributed by atoms with van der Waals surface area (Å²) in [5.41, 5.74) is 0. The molecule has 0 aromatic carbocycles. The lowest BCUT2D eigenvalue weighted by atomic mass is 10.0. The second kappa shape index (κ2) is 52.6. The summed E-state index contributed by atoms with van der Waals surface area (Å²) in [6.07, 6.45) is 32.3. The maximum absolute atomic E-state index is 12.9. The fraction of sp³-hybridized carbons (Fsp3) is 0.934. The number of ether oxygens (including phenoxy) is 4. The van der Waals surface area contributed by atoms with Crippen molar-refractivity contribution in [1.82, 2.24) is 0 Å². The van der Waals surface area contributed by atoms with Gasteiger partial charge in [0.25, 0.3) is 0 Å². The average Bonchev–Trinajstić information content (AvgIpc) is 3.40. The van der Waals surface area contributed by atoms with Gasteiger partial charge in [-0.25, -0.2) is 9.13 Å². The Labute approximate surface area is 486 Å². The van der Waals surface area contributed by atoms with Crippen molar-refractivity contribution < 1.29 is 80.2 Å². The van der Waals surface area contributed by atoms with Crippen molar-refractivity contribution in [3.8, 4) is 0 Å². The third kappa shape index (κ3) is 55.3. The molecule has 17 nitrogen and oxygen atoms in total. The van der Waals surface area contributed by atoms with Gasteiger partial charge in [0.05, 0.1) is 26.4 Å². The molecule has 0 radical (unpaired) electrons. The van der Waals surface area contributed by atoms with Gasteiger partial charge >= 0.3 is 39.5 Å². The van der Waals surface area contributed by atoms with Crippen LogP contribution in [-0.2, 0) is 65.4 Å². The van der Waals surface area contributed by atoms with E-state index in [-0.39, 0.29) is 25.7 Å². The van der Waals surface area contributed by atoms with Gasteiger partial charge in [0.15, 0.2) is 12.2 Å². The first kappa shape index (κ1) is 78.1. The van der Waals surface area contributed by atoms with Crippen molar-refractivity contribution in [3.05, 3.63) is 0 Å². The van der Waals surface area contributed by atoms with E-state index in [0.29, 0.717) is 31.6 Å². The van der Waals surface area contributed by atoms with Crippen LogP contribution in [0.15, 0.2) is 0 Å². The van der Waals surface area contributed by atoms with Crippen LogP contribution in [-0.4, -0.2) is 96.7 Å². The summed E-state index contributed by atoms with van der Waals surface area (Å²) in [6.45, 7) is 11.6. The molecule has 0 saturated heterocycles. The highest BCUT2D eigenvalue weighted by Crippen LogP contribution is 2.45. The highest BCUT2D eigenvalue weighted by Gasteiger charge is 2.30. The van der Waals surface area contributed by atoms with E-state index in [4.69, 9.17) is 37.0 Å². The van der Waals surface area contributed by atoms with Crippen LogP contribution >= 0.6 is 15.6 Å². The predicted molar refractivity (Wildman–Crippen MR) is 317 cm³/mol. The lowest BCUT2D eigenvalue weighted by molar-refractivity contribution is -0.161. The van der Waals surface area contributed by atoms with Crippen LogP contribution in [0.4, 0.5) is 0 Å². The molecule has 0 aliphatic rings. The molecule has 0 aromatic heterocycles. The Balaban J connectivity index is 5.23. The largest absolute Gasteiger partial charge is 0.472 e. The number of hydrogen-bond acceptors (Lipinski definition) is 15. The van der Waals surface area contributed by atoms with Gasteiger partial charge in [-0.3, -0.25) is 37.3 Å². The summed E-state index contributed by atoms with van der Waals surface area (Å²) < 4.78 is 67.8. The molecule has 0 heterocycles. The molecule has 0 bridgehead atoms. The third-order valence-electron chi connectivity index (χ3n) is 13.9. The summed E-state index contributed by atoms with van der Waals surface area (Å²) in [5.74, 6) is 0.0120. The van der Waals surface area contributed by atoms with Gasteiger partial charge in [-0.1, -0.05) is 241 Å². The van der Waals surface area contributed by atoms with Gasteiger partial charge in [0.1, 0.15) is 19.3 Å². The zero-order valence-electron chi connectivity index (χ0n) is 51.5. The van der Waals surface area contributed by atoms with E-state index in [1.165, 1.54) is 89.9 Å². The monoisotopic (exact) mass is 1180 g/mol. The SMILES string of the molecule is CCCCCCCCCC(=O)OC[C@H](COP(=O)(O)OC[C@H](O)COP(=O)(O)OC[C@@H](COC(=O)CCCCCCCCCCC(C)C)OC(=O)CCCCCCCCCCCC(C)C)OC(=O)CCCCCCCCCC(C)C. The van der Waals surface area contributed by atoms with E-state index >= 15 is 0 Å². The Morgan fingerprint density at radius 3 is 0.850 bits per heavy atom. The minimum absolute atomic E-state index is 0.102. The van der Waals surface area contributed by atoms with Crippen molar-refractivity contribution in [3.63, 3.8) is 0 Å². The first-order valence-corrected chi connectivity index (χ1v) is 34.8. The number of phosphoric acid groups is 2. The molecule has 0 spiro atoms. The van der Waals surface area contributed by atoms with Gasteiger partial charge in [-0.2, -0.15) is 0 Å². The van der Waals surface area contributed by atoms with E-state index in [1.54, 1.807) is 0 Å². The van der Waals surface area contributed by atoms with Crippen LogP contribution < -0.4 is 0 Å². The number of carbonyl (C=O) groups excluding carboxylic acids is 4. The lowest BCUT2D eigenvalue weighted by Crippen LogP contribution is -2.30. The van der Waals surface area contributed by atoms with Crippen LogP contribution in [0.2, 0.25) is 0 Å². The fourth-order valence-electron chi connectivity index (χ4n) is 8.95. The fourth-order valence-corrected chi connectivity index (χ4v) is 10.5. The van der Waals surface area contributed by atoms with E-state index in [0.717, 1.165) is 115 Å². The molecule has 80 heavy (non-hydrogen) atoms. The molecular formula is C61H118O17P2. The van der Waals surface area contributed by atoms with Crippen molar-refractivity contribution in [2.75, 3.05) is 39.6 Å². The first-order valence-electron chi connectivity index (χ1n) is 31.8. The van der Waals surface area contributed by atoms with Crippen LogP contribution in [0.1, 0.15) is 292 Å². The molecule has 19 heteroatoms. The normalized spacial score (nSPS) is 14.5. The Kier molecular flexibility index (Phi) is 51.3. The van der Waals surface area contributed by atoms with Crippen LogP contribution in [0.5, 0.6) is 0 Å². The molecule has 0 aromatic rings. The summed E-state index contributed by atoms with van der Waals surface area (Å²) in [4.78, 5) is 71.9. The average molecular weight is 1190 g/mol. The van der Waals surface area contributed by atoms with Crippen LogP contribution in [0.3, 0.4) is 0 Å². The van der Waals surface area contributed by atoms with Crippen molar-refractivity contribution >= 4 is 39.5 Å². The van der Waals surface area contributed by atoms with Gasteiger partial charge < -0.3 is 33.8 Å². The standard InChI is InChI=1S/C61H118O17P2/c1-8-9-10-11-18-28-35-42-58(63)71-48-56(78-61(66)45-38-31-24-17-21-27-34-41-54(6)7)50-75-79(67,68)73-46-55(62)47-74-80(69,70)76-51-57(49-72-59(64)43-36-29-22-16-15-20-26-33-40-53(4)5)77-60(65)44-37-30-23-14-12-13-19-25-32-39-52(2)3/h52-57,62H,8-51H2,1-7H3,(H,67,68)(H,69,70)/t55-,56+,57+/m0/s1. The van der Waals surface area contributed by atoms with Crippen molar-refractivity contribution in [1.29, 1.82) is 0 Å². The molecule has 5 atom stereocenters. The molecule has 2 unspecified atom stereocenters. The Bertz CT molecular complexity index is 1600. The second-order valence-corrected chi connectivity index (χ2v) is 26.4. The molecule has 0 aliphatic heterocycles. The van der Waals surface area contributed by atoms with Gasteiger partial charge in [0, 0.05) is 25.7 Å². The van der Waals surface area contributed by atoms with Gasteiger partial charge in [-0.05, 0) is 43.4 Å². The lowest BCUT2D eigenvalue weighted by Gasteiger charge is -2.21. The van der Waals surface area contributed by atoms with Gasteiger partial charge in [-0.15, -0.1) is 0 Å². The topological polar surface area (TPSA) is 237 Å².